The second-order valence-electron chi connectivity index (χ2n) is 3.01. The van der Waals surface area contributed by atoms with Crippen LogP contribution in [-0.2, 0) is 9.13 Å². The molecule has 0 aliphatic heterocycles. The maximum atomic E-state index is 12.1. The maximum absolute atomic E-state index is 12.1. The average Bonchev–Trinajstić information content (AvgIpc) is 2.15. The summed E-state index contributed by atoms with van der Waals surface area (Å²) in [5, 5.41) is 0. The van der Waals surface area contributed by atoms with Gasteiger partial charge in [-0.25, -0.2) is 0 Å². The molecule has 1 amide bonds. The molecule has 17 heavy (non-hydrogen) atoms. The van der Waals surface area contributed by atoms with E-state index >= 15 is 0 Å². The number of amides is 1. The van der Waals surface area contributed by atoms with Gasteiger partial charge in [0.05, 0.1) is 0 Å². The fourth-order valence-corrected chi connectivity index (χ4v) is 1.87. The molecule has 0 saturated heterocycles. The van der Waals surface area contributed by atoms with Crippen molar-refractivity contribution in [1.82, 2.24) is 0 Å². The summed E-state index contributed by atoms with van der Waals surface area (Å²) in [7, 11) is 0. The van der Waals surface area contributed by atoms with Gasteiger partial charge >= 0.3 is 5.51 Å². The highest BCUT2D eigenvalue weighted by molar-refractivity contribution is 8.00. The Morgan fingerprint density at radius 2 is 1.88 bits per heavy atom. The third-order valence-electron chi connectivity index (χ3n) is 1.74. The highest BCUT2D eigenvalue weighted by Crippen LogP contribution is 2.40. The molecule has 0 bridgehead atoms. The summed E-state index contributed by atoms with van der Waals surface area (Å²) in [6.45, 7) is 0. The van der Waals surface area contributed by atoms with Gasteiger partial charge < -0.3 is 5.73 Å². The van der Waals surface area contributed by atoms with Crippen LogP contribution in [0, 0.1) is 0 Å². The van der Waals surface area contributed by atoms with Crippen molar-refractivity contribution >= 4 is 40.9 Å². The van der Waals surface area contributed by atoms with E-state index in [4.69, 9.17) is 28.9 Å². The zero-order chi connectivity index (χ0) is 13.3. The van der Waals surface area contributed by atoms with Gasteiger partial charge in [0.25, 0.3) is 5.91 Å². The van der Waals surface area contributed by atoms with Crippen LogP contribution in [0.1, 0.15) is 5.56 Å². The number of carbonyl (C=O) groups excluding carboxylic acids is 1. The van der Waals surface area contributed by atoms with Crippen molar-refractivity contribution in [3.8, 4) is 0 Å². The minimum Gasteiger partial charge on any atom is -0.367 e. The maximum Gasteiger partial charge on any atom is 0.446 e. The second-order valence-corrected chi connectivity index (χ2v) is 5.48. The van der Waals surface area contributed by atoms with Crippen LogP contribution in [0.3, 0.4) is 0 Å². The van der Waals surface area contributed by atoms with Crippen LogP contribution in [0.4, 0.5) is 13.2 Å². The summed E-state index contributed by atoms with van der Waals surface area (Å²) < 4.78 is 34.4. The summed E-state index contributed by atoms with van der Waals surface area (Å²) in [5.41, 5.74) is 0.526. The number of hydrogen-bond acceptors (Lipinski definition) is 2. The molecule has 0 fully saturated rings. The van der Waals surface area contributed by atoms with Crippen LogP contribution in [0.2, 0.25) is 0 Å². The third-order valence-corrected chi connectivity index (χ3v) is 3.27. The highest BCUT2D eigenvalue weighted by atomic mass is 35.5. The Morgan fingerprint density at radius 3 is 2.35 bits per heavy atom. The fraction of sp³-hybridized carbons (Fsp3) is 0.222. The Labute approximate surface area is 109 Å². The topological polar surface area (TPSA) is 43.1 Å². The third kappa shape index (κ3) is 3.97. The molecule has 0 heterocycles. The lowest BCUT2D eigenvalue weighted by Crippen LogP contribution is -2.30. The monoisotopic (exact) mass is 303 g/mol. The molecule has 0 aromatic heterocycles. The first-order valence-electron chi connectivity index (χ1n) is 4.17. The zero-order valence-corrected chi connectivity index (χ0v) is 10.4. The standard InChI is InChI=1S/C9H6Cl2F3NOS/c10-8(11,7(15)16)5-2-1-3-6(4-5)17-9(12,13)14/h1-4H,(H2,15,16). The molecule has 0 radical (unpaired) electrons. The number of nitrogens with two attached hydrogens (primary N) is 1. The van der Waals surface area contributed by atoms with Gasteiger partial charge in [-0.1, -0.05) is 35.3 Å². The molecule has 0 aliphatic rings. The van der Waals surface area contributed by atoms with Crippen molar-refractivity contribution in [3.05, 3.63) is 29.8 Å². The van der Waals surface area contributed by atoms with E-state index in [-0.39, 0.29) is 22.2 Å². The number of halogens is 5. The van der Waals surface area contributed by atoms with Gasteiger partial charge in [0, 0.05) is 4.90 Å². The molecule has 1 rings (SSSR count). The number of rotatable bonds is 3. The number of hydrogen-bond donors (Lipinski definition) is 1. The fourth-order valence-electron chi connectivity index (χ4n) is 1.03. The van der Waals surface area contributed by atoms with E-state index in [1.165, 1.54) is 18.2 Å². The van der Waals surface area contributed by atoms with Crippen LogP contribution < -0.4 is 5.73 Å². The second kappa shape index (κ2) is 4.96. The van der Waals surface area contributed by atoms with Crippen LogP contribution in [0.5, 0.6) is 0 Å². The highest BCUT2D eigenvalue weighted by Gasteiger charge is 2.35. The smallest absolute Gasteiger partial charge is 0.367 e. The van der Waals surface area contributed by atoms with Crippen molar-refractivity contribution in [1.29, 1.82) is 0 Å². The minimum absolute atomic E-state index is 0.00239. The van der Waals surface area contributed by atoms with E-state index in [2.05, 4.69) is 0 Å². The summed E-state index contributed by atoms with van der Waals surface area (Å²) in [6, 6.07) is 4.94. The van der Waals surface area contributed by atoms with Gasteiger partial charge in [-0.05, 0) is 29.5 Å². The number of alkyl halides is 5. The molecule has 2 nitrogen and oxygen atoms in total. The van der Waals surface area contributed by atoms with Crippen LogP contribution in [0.25, 0.3) is 0 Å². The molecule has 0 atom stereocenters. The quantitative estimate of drug-likeness (QED) is 0.687. The zero-order valence-electron chi connectivity index (χ0n) is 8.09. The summed E-state index contributed by atoms with van der Waals surface area (Å²) in [5.74, 6) is -1.05. The molecule has 0 spiro atoms. The van der Waals surface area contributed by atoms with E-state index in [0.717, 1.165) is 6.07 Å². The first-order valence-corrected chi connectivity index (χ1v) is 5.74. The first-order chi connectivity index (χ1) is 7.63. The lowest BCUT2D eigenvalue weighted by Gasteiger charge is -2.16. The van der Waals surface area contributed by atoms with Gasteiger partial charge in [0.1, 0.15) is 0 Å². The number of thioether (sulfide) groups is 1. The van der Waals surface area contributed by atoms with E-state index in [9.17, 15) is 18.0 Å². The molecule has 1 aromatic carbocycles. The van der Waals surface area contributed by atoms with Crippen LogP contribution in [0.15, 0.2) is 29.2 Å². The molecule has 1 aromatic rings. The van der Waals surface area contributed by atoms with E-state index < -0.39 is 15.7 Å². The number of benzene rings is 1. The summed E-state index contributed by atoms with van der Waals surface area (Å²) in [4.78, 5) is 10.8. The van der Waals surface area contributed by atoms with E-state index in [0.29, 0.717) is 0 Å². The lowest BCUT2D eigenvalue weighted by atomic mass is 10.1. The van der Waals surface area contributed by atoms with Crippen molar-refractivity contribution < 1.29 is 18.0 Å². The largest absolute Gasteiger partial charge is 0.446 e. The molecular formula is C9H6Cl2F3NOS. The average molecular weight is 304 g/mol. The molecule has 0 unspecified atom stereocenters. The van der Waals surface area contributed by atoms with Gasteiger partial charge in [0.2, 0.25) is 4.33 Å². The van der Waals surface area contributed by atoms with Crippen molar-refractivity contribution in [2.45, 2.75) is 14.7 Å². The Balaban J connectivity index is 3.06. The van der Waals surface area contributed by atoms with E-state index in [1.807, 2.05) is 0 Å². The lowest BCUT2D eigenvalue weighted by molar-refractivity contribution is -0.118. The predicted molar refractivity (Wildman–Crippen MR) is 60.9 cm³/mol. The summed E-state index contributed by atoms with van der Waals surface area (Å²) >= 11 is 11.0. The molecule has 0 aliphatic carbocycles. The minimum atomic E-state index is -4.42. The Hall–Kier alpha value is -0.590. The molecule has 0 saturated carbocycles. The van der Waals surface area contributed by atoms with Gasteiger partial charge in [0.15, 0.2) is 0 Å². The Bertz CT molecular complexity index is 436. The van der Waals surface area contributed by atoms with Gasteiger partial charge in [-0.15, -0.1) is 0 Å². The Kier molecular flexibility index (Phi) is 4.22. The van der Waals surface area contributed by atoms with Crippen molar-refractivity contribution in [2.75, 3.05) is 0 Å². The summed E-state index contributed by atoms with van der Waals surface area (Å²) in [6.07, 6.45) is 0. The molecule has 94 valence electrons. The van der Waals surface area contributed by atoms with Crippen LogP contribution >= 0.6 is 35.0 Å². The SMILES string of the molecule is NC(=O)C(Cl)(Cl)c1cccc(SC(F)(F)F)c1. The van der Waals surface area contributed by atoms with Crippen molar-refractivity contribution in [2.24, 2.45) is 5.73 Å². The molecular weight excluding hydrogens is 298 g/mol. The number of primary amides is 1. The first kappa shape index (κ1) is 14.5. The normalized spacial score (nSPS) is 12.5. The predicted octanol–water partition coefficient (Wildman–Crippen LogP) is 3.41. The molecule has 8 heteroatoms. The van der Waals surface area contributed by atoms with E-state index in [1.54, 1.807) is 0 Å². The number of carbonyl (C=O) groups is 1. The van der Waals surface area contributed by atoms with Gasteiger partial charge in [-0.3, -0.25) is 4.79 Å². The molecule has 2 N–H and O–H groups in total. The Morgan fingerprint density at radius 1 is 1.29 bits per heavy atom. The van der Waals surface area contributed by atoms with Crippen LogP contribution in [-0.4, -0.2) is 11.4 Å². The van der Waals surface area contributed by atoms with Gasteiger partial charge in [-0.2, -0.15) is 13.2 Å². The van der Waals surface area contributed by atoms with Crippen molar-refractivity contribution in [3.63, 3.8) is 0 Å².